The van der Waals surface area contributed by atoms with E-state index in [1.807, 2.05) is 0 Å². The van der Waals surface area contributed by atoms with Gasteiger partial charge in [-0.1, -0.05) is 0 Å². The zero-order valence-corrected chi connectivity index (χ0v) is 12.6. The molecule has 0 aliphatic carbocycles. The van der Waals surface area contributed by atoms with E-state index in [0.29, 0.717) is 26.2 Å². The first-order valence-electron chi connectivity index (χ1n) is 7.36. The number of carboxylic acids is 1. The first-order valence-corrected chi connectivity index (χ1v) is 7.36. The van der Waals surface area contributed by atoms with Crippen molar-refractivity contribution in [3.8, 4) is 0 Å². The maximum Gasteiger partial charge on any atom is 0.320 e. The lowest BCUT2D eigenvalue weighted by atomic mass is 9.74. The molecule has 3 amide bonds. The lowest BCUT2D eigenvalue weighted by molar-refractivity contribution is -0.151. The Morgan fingerprint density at radius 1 is 1.29 bits per heavy atom. The average Bonchev–Trinajstić information content (AvgIpc) is 2.46. The van der Waals surface area contributed by atoms with Crippen LogP contribution in [0.5, 0.6) is 0 Å². The van der Waals surface area contributed by atoms with Crippen molar-refractivity contribution in [3.05, 3.63) is 0 Å². The molecular weight excluding hydrogens is 274 g/mol. The van der Waals surface area contributed by atoms with Crippen LogP contribution in [0.2, 0.25) is 0 Å². The third kappa shape index (κ3) is 3.28. The van der Waals surface area contributed by atoms with Gasteiger partial charge in [-0.3, -0.25) is 9.59 Å². The number of nitrogens with one attached hydrogen (secondary N) is 1. The standard InChI is InChI=1S/C14H23N3O4/c1-14(2,12(19)20)10-4-3-6-16(8-10)13(21)17-7-5-15-11(18)9-17/h10H,3-9H2,1-2H3,(H,15,18)(H,19,20). The Labute approximate surface area is 124 Å². The number of piperazine rings is 1. The van der Waals surface area contributed by atoms with Crippen LogP contribution in [0.25, 0.3) is 0 Å². The van der Waals surface area contributed by atoms with Gasteiger partial charge in [-0.2, -0.15) is 0 Å². The van der Waals surface area contributed by atoms with Gasteiger partial charge in [-0.05, 0) is 32.6 Å². The monoisotopic (exact) mass is 297 g/mol. The van der Waals surface area contributed by atoms with Crippen molar-refractivity contribution < 1.29 is 19.5 Å². The molecule has 2 heterocycles. The van der Waals surface area contributed by atoms with Crippen LogP contribution in [0.3, 0.4) is 0 Å². The molecule has 0 aromatic rings. The van der Waals surface area contributed by atoms with E-state index < -0.39 is 11.4 Å². The second kappa shape index (κ2) is 5.91. The number of nitrogens with zero attached hydrogens (tertiary/aromatic N) is 2. The number of carbonyl (C=O) groups excluding carboxylic acids is 2. The fraction of sp³-hybridized carbons (Fsp3) is 0.786. The summed E-state index contributed by atoms with van der Waals surface area (Å²) in [6.07, 6.45) is 1.61. The molecular formula is C14H23N3O4. The molecule has 0 radical (unpaired) electrons. The third-order valence-electron chi connectivity index (χ3n) is 4.57. The molecule has 0 aromatic heterocycles. The fourth-order valence-electron chi connectivity index (χ4n) is 2.92. The minimum atomic E-state index is -0.849. The maximum atomic E-state index is 12.5. The molecule has 118 valence electrons. The van der Waals surface area contributed by atoms with Crippen molar-refractivity contribution in [2.45, 2.75) is 26.7 Å². The van der Waals surface area contributed by atoms with Gasteiger partial charge in [-0.15, -0.1) is 0 Å². The number of likely N-dealkylation sites (tertiary alicyclic amines) is 1. The highest BCUT2D eigenvalue weighted by atomic mass is 16.4. The maximum absolute atomic E-state index is 12.5. The summed E-state index contributed by atoms with van der Waals surface area (Å²) < 4.78 is 0. The molecule has 2 aliphatic heterocycles. The molecule has 0 spiro atoms. The van der Waals surface area contributed by atoms with Gasteiger partial charge in [0, 0.05) is 26.2 Å². The number of piperidine rings is 1. The van der Waals surface area contributed by atoms with Gasteiger partial charge in [-0.25, -0.2) is 4.79 Å². The summed E-state index contributed by atoms with van der Waals surface area (Å²) >= 11 is 0. The number of rotatable bonds is 2. The molecule has 2 rings (SSSR count). The Balaban J connectivity index is 2.02. The minimum absolute atomic E-state index is 0.0636. The highest BCUT2D eigenvalue weighted by Gasteiger charge is 2.40. The van der Waals surface area contributed by atoms with Crippen LogP contribution in [-0.4, -0.2) is 65.5 Å². The van der Waals surface area contributed by atoms with Crippen LogP contribution in [-0.2, 0) is 9.59 Å². The predicted octanol–water partition coefficient (Wildman–Crippen LogP) is 0.361. The highest BCUT2D eigenvalue weighted by Crippen LogP contribution is 2.34. The molecule has 2 saturated heterocycles. The molecule has 21 heavy (non-hydrogen) atoms. The first-order chi connectivity index (χ1) is 9.82. The lowest BCUT2D eigenvalue weighted by Gasteiger charge is -2.41. The number of aliphatic carboxylic acids is 1. The summed E-state index contributed by atoms with van der Waals surface area (Å²) in [5.41, 5.74) is -0.849. The van der Waals surface area contributed by atoms with Gasteiger partial charge in [0.05, 0.1) is 5.41 Å². The Kier molecular flexibility index (Phi) is 4.39. The average molecular weight is 297 g/mol. The van der Waals surface area contributed by atoms with E-state index >= 15 is 0 Å². The molecule has 1 atom stereocenters. The summed E-state index contributed by atoms with van der Waals surface area (Å²) in [7, 11) is 0. The number of amides is 3. The molecule has 1 unspecified atom stereocenters. The van der Waals surface area contributed by atoms with E-state index in [-0.39, 0.29) is 24.4 Å². The van der Waals surface area contributed by atoms with Crippen LogP contribution in [0.15, 0.2) is 0 Å². The zero-order valence-electron chi connectivity index (χ0n) is 12.6. The van der Waals surface area contributed by atoms with Gasteiger partial charge >= 0.3 is 12.0 Å². The summed E-state index contributed by atoms with van der Waals surface area (Å²) in [5.74, 6) is -1.04. The van der Waals surface area contributed by atoms with Crippen molar-refractivity contribution in [1.29, 1.82) is 0 Å². The topological polar surface area (TPSA) is 89.9 Å². The largest absolute Gasteiger partial charge is 0.481 e. The Morgan fingerprint density at radius 3 is 2.62 bits per heavy atom. The van der Waals surface area contributed by atoms with E-state index in [9.17, 15) is 19.5 Å². The molecule has 0 aromatic carbocycles. The second-order valence-corrected chi connectivity index (χ2v) is 6.37. The molecule has 7 heteroatoms. The van der Waals surface area contributed by atoms with E-state index in [1.54, 1.807) is 18.7 Å². The minimum Gasteiger partial charge on any atom is -0.481 e. The number of carboxylic acid groups (broad SMARTS) is 1. The zero-order chi connectivity index (χ0) is 15.6. The summed E-state index contributed by atoms with van der Waals surface area (Å²) in [4.78, 5) is 38.4. The number of hydrogen-bond donors (Lipinski definition) is 2. The second-order valence-electron chi connectivity index (χ2n) is 6.37. The van der Waals surface area contributed by atoms with Crippen LogP contribution in [0, 0.1) is 11.3 Å². The van der Waals surface area contributed by atoms with Crippen molar-refractivity contribution in [3.63, 3.8) is 0 Å². The Hall–Kier alpha value is -1.79. The third-order valence-corrected chi connectivity index (χ3v) is 4.57. The highest BCUT2D eigenvalue weighted by molar-refractivity contribution is 5.85. The summed E-state index contributed by atoms with van der Waals surface area (Å²) in [6.45, 7) is 5.56. The van der Waals surface area contributed by atoms with Gasteiger partial charge < -0.3 is 20.2 Å². The molecule has 2 N–H and O–H groups in total. The van der Waals surface area contributed by atoms with Crippen molar-refractivity contribution >= 4 is 17.9 Å². The van der Waals surface area contributed by atoms with E-state index in [1.165, 1.54) is 4.90 Å². The van der Waals surface area contributed by atoms with Gasteiger partial charge in [0.1, 0.15) is 6.54 Å². The van der Waals surface area contributed by atoms with E-state index in [2.05, 4.69) is 5.32 Å². The fourth-order valence-corrected chi connectivity index (χ4v) is 2.92. The normalized spacial score (nSPS) is 23.7. The van der Waals surface area contributed by atoms with Crippen molar-refractivity contribution in [1.82, 2.24) is 15.1 Å². The predicted molar refractivity (Wildman–Crippen MR) is 75.7 cm³/mol. The molecule has 2 fully saturated rings. The SMILES string of the molecule is CC(C)(C(=O)O)C1CCCN(C(=O)N2CCNC(=O)C2)C1. The van der Waals surface area contributed by atoms with Crippen molar-refractivity contribution in [2.75, 3.05) is 32.7 Å². The van der Waals surface area contributed by atoms with Crippen molar-refractivity contribution in [2.24, 2.45) is 11.3 Å². The van der Waals surface area contributed by atoms with Gasteiger partial charge in [0.15, 0.2) is 0 Å². The summed E-state index contributed by atoms with van der Waals surface area (Å²) in [6, 6.07) is -0.157. The van der Waals surface area contributed by atoms with Crippen LogP contribution < -0.4 is 5.32 Å². The van der Waals surface area contributed by atoms with Crippen LogP contribution in [0.1, 0.15) is 26.7 Å². The molecule has 0 saturated carbocycles. The summed E-state index contributed by atoms with van der Waals surface area (Å²) in [5, 5.41) is 12.0. The quantitative estimate of drug-likeness (QED) is 0.770. The number of urea groups is 1. The van der Waals surface area contributed by atoms with Gasteiger partial charge in [0.25, 0.3) is 0 Å². The van der Waals surface area contributed by atoms with Gasteiger partial charge in [0.2, 0.25) is 5.91 Å². The number of carbonyl (C=O) groups is 3. The molecule has 7 nitrogen and oxygen atoms in total. The lowest BCUT2D eigenvalue weighted by Crippen LogP contribution is -2.56. The smallest absolute Gasteiger partial charge is 0.320 e. The molecule has 0 bridgehead atoms. The van der Waals surface area contributed by atoms with Crippen LogP contribution in [0.4, 0.5) is 4.79 Å². The van der Waals surface area contributed by atoms with Crippen LogP contribution >= 0.6 is 0 Å². The van der Waals surface area contributed by atoms with E-state index in [0.717, 1.165) is 12.8 Å². The van der Waals surface area contributed by atoms with E-state index in [4.69, 9.17) is 0 Å². The first kappa shape index (κ1) is 15.6. The Bertz CT molecular complexity index is 450. The Morgan fingerprint density at radius 2 is 2.00 bits per heavy atom. The molecule has 2 aliphatic rings. The number of hydrogen-bond acceptors (Lipinski definition) is 3.